The standard InChI is InChI=1S/C13H14FN5O/c14-9-5-10(13-15-17-18-16-13)12-11(6-9)20-4-3-19(12)7-8-1-2-8/h5-6,8H,1-4,7H2,(H,15,16,17,18). The minimum absolute atomic E-state index is 0.350. The summed E-state index contributed by atoms with van der Waals surface area (Å²) < 4.78 is 19.4. The summed E-state index contributed by atoms with van der Waals surface area (Å²) in [4.78, 5) is 2.25. The molecule has 1 saturated carbocycles. The van der Waals surface area contributed by atoms with E-state index in [4.69, 9.17) is 4.74 Å². The number of rotatable bonds is 3. The molecule has 0 bridgehead atoms. The Kier molecular flexibility index (Phi) is 2.58. The van der Waals surface area contributed by atoms with Crippen molar-refractivity contribution in [2.45, 2.75) is 12.8 Å². The van der Waals surface area contributed by atoms with E-state index in [0.717, 1.165) is 24.7 Å². The molecule has 2 aliphatic rings. The van der Waals surface area contributed by atoms with Crippen LogP contribution in [0.1, 0.15) is 12.8 Å². The predicted molar refractivity (Wildman–Crippen MR) is 70.0 cm³/mol. The van der Waals surface area contributed by atoms with Crippen LogP contribution in [-0.2, 0) is 0 Å². The van der Waals surface area contributed by atoms with Gasteiger partial charge in [0.25, 0.3) is 0 Å². The number of halogens is 1. The molecule has 2 aromatic rings. The molecule has 1 aliphatic carbocycles. The first kappa shape index (κ1) is 11.6. The summed E-state index contributed by atoms with van der Waals surface area (Å²) in [5, 5.41) is 13.9. The number of tetrazole rings is 1. The Morgan fingerprint density at radius 1 is 1.40 bits per heavy atom. The smallest absolute Gasteiger partial charge is 0.206 e. The number of aromatic nitrogens is 4. The van der Waals surface area contributed by atoms with E-state index in [1.54, 1.807) is 0 Å². The van der Waals surface area contributed by atoms with Crippen molar-refractivity contribution in [2.75, 3.05) is 24.6 Å². The maximum Gasteiger partial charge on any atom is 0.206 e. The number of H-pyrrole nitrogens is 1. The number of fused-ring (bicyclic) bond motifs is 1. The fraction of sp³-hybridized carbons (Fsp3) is 0.462. The highest BCUT2D eigenvalue weighted by Crippen LogP contribution is 2.42. The number of hydrogen-bond acceptors (Lipinski definition) is 5. The highest BCUT2D eigenvalue weighted by molar-refractivity contribution is 5.80. The van der Waals surface area contributed by atoms with E-state index in [0.29, 0.717) is 23.7 Å². The molecule has 0 radical (unpaired) electrons. The zero-order chi connectivity index (χ0) is 13.5. The number of nitrogens with zero attached hydrogens (tertiary/aromatic N) is 4. The van der Waals surface area contributed by atoms with Crippen LogP contribution in [0.25, 0.3) is 11.4 Å². The van der Waals surface area contributed by atoms with Gasteiger partial charge in [-0.05, 0) is 30.0 Å². The minimum atomic E-state index is -0.350. The average Bonchev–Trinajstić information content (AvgIpc) is 3.08. The third kappa shape index (κ3) is 1.99. The number of ether oxygens (including phenoxy) is 1. The summed E-state index contributed by atoms with van der Waals surface area (Å²) in [5.41, 5.74) is 1.51. The second-order valence-electron chi connectivity index (χ2n) is 5.27. The fourth-order valence-corrected chi connectivity index (χ4v) is 2.63. The lowest BCUT2D eigenvalue weighted by Gasteiger charge is -2.32. The largest absolute Gasteiger partial charge is 0.489 e. The Morgan fingerprint density at radius 3 is 3.05 bits per heavy atom. The Morgan fingerprint density at radius 2 is 2.30 bits per heavy atom. The number of aromatic amines is 1. The van der Waals surface area contributed by atoms with Crippen molar-refractivity contribution in [2.24, 2.45) is 5.92 Å². The molecular weight excluding hydrogens is 261 g/mol. The van der Waals surface area contributed by atoms with Crippen LogP contribution in [0, 0.1) is 11.7 Å². The van der Waals surface area contributed by atoms with Crippen LogP contribution in [0.4, 0.5) is 10.1 Å². The van der Waals surface area contributed by atoms with Crippen molar-refractivity contribution in [3.8, 4) is 17.1 Å². The second-order valence-corrected chi connectivity index (χ2v) is 5.27. The monoisotopic (exact) mass is 275 g/mol. The summed E-state index contributed by atoms with van der Waals surface area (Å²) in [6.45, 7) is 2.36. The molecular formula is C13H14FN5O. The van der Waals surface area contributed by atoms with E-state index in [-0.39, 0.29) is 5.82 Å². The van der Waals surface area contributed by atoms with Gasteiger partial charge in [0.05, 0.1) is 17.8 Å². The van der Waals surface area contributed by atoms with Crippen LogP contribution in [-0.4, -0.2) is 40.3 Å². The van der Waals surface area contributed by atoms with Crippen molar-refractivity contribution in [1.82, 2.24) is 20.6 Å². The van der Waals surface area contributed by atoms with Gasteiger partial charge in [-0.25, -0.2) is 4.39 Å². The Labute approximate surface area is 114 Å². The fourth-order valence-electron chi connectivity index (χ4n) is 2.63. The zero-order valence-corrected chi connectivity index (χ0v) is 10.8. The SMILES string of the molecule is Fc1cc2c(c(-c3nn[nH]n3)c1)N(CC1CC1)CCO2. The average molecular weight is 275 g/mol. The summed E-state index contributed by atoms with van der Waals surface area (Å²) >= 11 is 0. The van der Waals surface area contributed by atoms with Crippen LogP contribution in [0.2, 0.25) is 0 Å². The molecule has 6 nitrogen and oxygen atoms in total. The Bertz CT molecular complexity index is 626. The van der Waals surface area contributed by atoms with Crippen LogP contribution in [0.15, 0.2) is 12.1 Å². The molecule has 1 aromatic carbocycles. The highest BCUT2D eigenvalue weighted by atomic mass is 19.1. The third-order valence-corrected chi connectivity index (χ3v) is 3.74. The van der Waals surface area contributed by atoms with Gasteiger partial charge >= 0.3 is 0 Å². The van der Waals surface area contributed by atoms with Gasteiger partial charge in [0.1, 0.15) is 18.2 Å². The topological polar surface area (TPSA) is 66.9 Å². The summed E-state index contributed by atoms with van der Waals surface area (Å²) in [6.07, 6.45) is 2.54. The van der Waals surface area contributed by atoms with Gasteiger partial charge < -0.3 is 9.64 Å². The number of anilines is 1. The predicted octanol–water partition coefficient (Wildman–Crippen LogP) is 1.61. The first-order chi connectivity index (χ1) is 9.81. The van der Waals surface area contributed by atoms with E-state index in [1.165, 1.54) is 25.0 Å². The molecule has 1 aromatic heterocycles. The highest BCUT2D eigenvalue weighted by Gasteiger charge is 2.30. The lowest BCUT2D eigenvalue weighted by atomic mass is 10.1. The van der Waals surface area contributed by atoms with E-state index in [2.05, 4.69) is 25.5 Å². The van der Waals surface area contributed by atoms with E-state index in [9.17, 15) is 4.39 Å². The maximum absolute atomic E-state index is 13.8. The van der Waals surface area contributed by atoms with Crippen LogP contribution >= 0.6 is 0 Å². The molecule has 1 N–H and O–H groups in total. The van der Waals surface area contributed by atoms with Crippen LogP contribution < -0.4 is 9.64 Å². The minimum Gasteiger partial charge on any atom is -0.489 e. The molecule has 104 valence electrons. The van der Waals surface area contributed by atoms with E-state index >= 15 is 0 Å². The normalized spacial score (nSPS) is 17.8. The number of hydrogen-bond donors (Lipinski definition) is 1. The number of benzene rings is 1. The summed E-state index contributed by atoms with van der Waals surface area (Å²) in [6, 6.07) is 2.87. The van der Waals surface area contributed by atoms with Crippen molar-refractivity contribution in [3.05, 3.63) is 17.9 Å². The molecule has 2 heterocycles. The molecule has 0 atom stereocenters. The summed E-state index contributed by atoms with van der Waals surface area (Å²) in [7, 11) is 0. The third-order valence-electron chi connectivity index (χ3n) is 3.74. The van der Waals surface area contributed by atoms with Gasteiger partial charge in [0.2, 0.25) is 5.82 Å². The molecule has 1 aliphatic heterocycles. The van der Waals surface area contributed by atoms with Gasteiger partial charge in [0, 0.05) is 12.6 Å². The van der Waals surface area contributed by atoms with Gasteiger partial charge in [-0.2, -0.15) is 5.21 Å². The zero-order valence-electron chi connectivity index (χ0n) is 10.8. The quantitative estimate of drug-likeness (QED) is 0.922. The summed E-state index contributed by atoms with van der Waals surface area (Å²) in [5.74, 6) is 1.35. The molecule has 7 heteroatoms. The molecule has 0 unspecified atom stereocenters. The lowest BCUT2D eigenvalue weighted by Crippen LogP contribution is -2.34. The van der Waals surface area contributed by atoms with Crippen molar-refractivity contribution in [3.63, 3.8) is 0 Å². The van der Waals surface area contributed by atoms with Gasteiger partial charge in [-0.15, -0.1) is 10.2 Å². The van der Waals surface area contributed by atoms with Crippen molar-refractivity contribution in [1.29, 1.82) is 0 Å². The van der Waals surface area contributed by atoms with Crippen molar-refractivity contribution < 1.29 is 9.13 Å². The molecule has 0 spiro atoms. The molecule has 4 rings (SSSR count). The Hall–Kier alpha value is -2.18. The first-order valence-corrected chi connectivity index (χ1v) is 6.76. The molecule has 1 fully saturated rings. The Balaban J connectivity index is 1.83. The molecule has 20 heavy (non-hydrogen) atoms. The van der Waals surface area contributed by atoms with Gasteiger partial charge in [0.15, 0.2) is 0 Å². The lowest BCUT2D eigenvalue weighted by molar-refractivity contribution is 0.305. The van der Waals surface area contributed by atoms with E-state index < -0.39 is 0 Å². The van der Waals surface area contributed by atoms with Gasteiger partial charge in [-0.3, -0.25) is 0 Å². The van der Waals surface area contributed by atoms with Crippen LogP contribution in [0.3, 0.4) is 0 Å². The first-order valence-electron chi connectivity index (χ1n) is 6.76. The second kappa shape index (κ2) is 4.43. The molecule has 0 saturated heterocycles. The molecule has 0 amide bonds. The maximum atomic E-state index is 13.8. The van der Waals surface area contributed by atoms with E-state index in [1.807, 2.05) is 0 Å². The van der Waals surface area contributed by atoms with Crippen molar-refractivity contribution >= 4 is 5.69 Å². The van der Waals surface area contributed by atoms with Gasteiger partial charge in [-0.1, -0.05) is 0 Å². The van der Waals surface area contributed by atoms with Crippen LogP contribution in [0.5, 0.6) is 5.75 Å². The number of nitrogens with one attached hydrogen (secondary N) is 1.